The zero-order valence-electron chi connectivity index (χ0n) is 12.8. The first-order chi connectivity index (χ1) is 8.18. The van der Waals surface area contributed by atoms with Crippen LogP contribution in [0.3, 0.4) is 0 Å². The summed E-state index contributed by atoms with van der Waals surface area (Å²) in [5, 5.41) is 0. The molecule has 0 spiro atoms. The van der Waals surface area contributed by atoms with E-state index >= 15 is 0 Å². The fourth-order valence-electron chi connectivity index (χ4n) is 1.84. The Labute approximate surface area is 113 Å². The molecule has 1 aromatic carbocycles. The van der Waals surface area contributed by atoms with Crippen LogP contribution in [0, 0.1) is 5.41 Å². The fourth-order valence-corrected chi connectivity index (χ4v) is 1.84. The summed E-state index contributed by atoms with van der Waals surface area (Å²) in [7, 11) is 0. The first-order valence-electron chi connectivity index (χ1n) is 6.92. The zero-order chi connectivity index (χ0) is 13.8. The molecule has 0 aliphatic heterocycles. The van der Waals surface area contributed by atoms with Crippen LogP contribution in [0.15, 0.2) is 24.3 Å². The van der Waals surface area contributed by atoms with Gasteiger partial charge < -0.3 is 4.74 Å². The van der Waals surface area contributed by atoms with Crippen molar-refractivity contribution in [2.24, 2.45) is 5.41 Å². The van der Waals surface area contributed by atoms with Gasteiger partial charge in [0.15, 0.2) is 0 Å². The monoisotopic (exact) mass is 248 g/mol. The smallest absolute Gasteiger partial charge is 0.119 e. The Balaban J connectivity index is 2.49. The number of hydrogen-bond acceptors (Lipinski definition) is 1. The van der Waals surface area contributed by atoms with E-state index in [4.69, 9.17) is 4.74 Å². The van der Waals surface area contributed by atoms with Crippen LogP contribution in [0.25, 0.3) is 0 Å². The second-order valence-corrected chi connectivity index (χ2v) is 7.29. The lowest BCUT2D eigenvalue weighted by atomic mass is 9.87. The van der Waals surface area contributed by atoms with Crippen LogP contribution in [0.1, 0.15) is 59.9 Å². The summed E-state index contributed by atoms with van der Waals surface area (Å²) in [5.41, 5.74) is 1.91. The topological polar surface area (TPSA) is 9.23 Å². The average Bonchev–Trinajstić information content (AvgIpc) is 2.22. The van der Waals surface area contributed by atoms with E-state index in [1.807, 2.05) is 6.07 Å². The maximum atomic E-state index is 5.84. The molecule has 18 heavy (non-hydrogen) atoms. The maximum absolute atomic E-state index is 5.84. The lowest BCUT2D eigenvalue weighted by molar-refractivity contribution is 0.268. The van der Waals surface area contributed by atoms with E-state index in [2.05, 4.69) is 59.7 Å². The van der Waals surface area contributed by atoms with Crippen molar-refractivity contribution in [3.8, 4) is 5.75 Å². The number of ether oxygens (including phenoxy) is 1. The van der Waals surface area contributed by atoms with Crippen LogP contribution < -0.4 is 4.74 Å². The van der Waals surface area contributed by atoms with Gasteiger partial charge in [0.05, 0.1) is 6.61 Å². The molecular weight excluding hydrogens is 220 g/mol. The summed E-state index contributed by atoms with van der Waals surface area (Å²) in [6.45, 7) is 14.3. The fraction of sp³-hybridized carbons (Fsp3) is 0.647. The molecule has 1 heteroatoms. The normalized spacial score (nSPS) is 12.6. The van der Waals surface area contributed by atoms with Gasteiger partial charge in [-0.1, -0.05) is 53.7 Å². The molecule has 0 N–H and O–H groups in total. The predicted molar refractivity (Wildman–Crippen MR) is 79.3 cm³/mol. The Morgan fingerprint density at radius 3 is 2.22 bits per heavy atom. The standard InChI is InChI=1S/C17H28O/c1-16(2,3)11-8-12-18-15-10-7-9-14(13-15)17(4,5)6/h7,9-10,13H,8,11-12H2,1-6H3. The van der Waals surface area contributed by atoms with Crippen molar-refractivity contribution in [2.75, 3.05) is 6.61 Å². The molecule has 102 valence electrons. The van der Waals surface area contributed by atoms with Crippen molar-refractivity contribution in [3.05, 3.63) is 29.8 Å². The van der Waals surface area contributed by atoms with Crippen molar-refractivity contribution in [3.63, 3.8) is 0 Å². The summed E-state index contributed by atoms with van der Waals surface area (Å²) in [5.74, 6) is 0.997. The third-order valence-corrected chi connectivity index (χ3v) is 3.04. The highest BCUT2D eigenvalue weighted by Gasteiger charge is 2.14. The molecule has 0 bridgehead atoms. The van der Waals surface area contributed by atoms with Crippen LogP contribution in [-0.4, -0.2) is 6.61 Å². The Morgan fingerprint density at radius 2 is 1.67 bits per heavy atom. The van der Waals surface area contributed by atoms with E-state index in [1.165, 1.54) is 12.0 Å². The Morgan fingerprint density at radius 1 is 1.00 bits per heavy atom. The van der Waals surface area contributed by atoms with Crippen LogP contribution in [0.2, 0.25) is 0 Å². The highest BCUT2D eigenvalue weighted by atomic mass is 16.5. The van der Waals surface area contributed by atoms with Crippen LogP contribution >= 0.6 is 0 Å². The minimum absolute atomic E-state index is 0.185. The molecule has 0 radical (unpaired) electrons. The number of benzene rings is 1. The van der Waals surface area contributed by atoms with Gasteiger partial charge in [0.25, 0.3) is 0 Å². The Bertz CT molecular complexity index is 366. The second-order valence-electron chi connectivity index (χ2n) is 7.29. The van der Waals surface area contributed by atoms with Gasteiger partial charge in [-0.3, -0.25) is 0 Å². The molecule has 0 amide bonds. The van der Waals surface area contributed by atoms with E-state index in [9.17, 15) is 0 Å². The van der Waals surface area contributed by atoms with Gasteiger partial charge in [-0.25, -0.2) is 0 Å². The minimum atomic E-state index is 0.185. The summed E-state index contributed by atoms with van der Waals surface area (Å²) in [6, 6.07) is 8.46. The van der Waals surface area contributed by atoms with Gasteiger partial charge in [-0.2, -0.15) is 0 Å². The Hall–Kier alpha value is -0.980. The molecule has 0 saturated carbocycles. The molecule has 0 aliphatic carbocycles. The van der Waals surface area contributed by atoms with E-state index in [0.717, 1.165) is 18.8 Å². The lowest BCUT2D eigenvalue weighted by Crippen LogP contribution is -2.11. The van der Waals surface area contributed by atoms with E-state index in [0.29, 0.717) is 5.41 Å². The largest absolute Gasteiger partial charge is 0.494 e. The first-order valence-corrected chi connectivity index (χ1v) is 6.92. The third kappa shape index (κ3) is 5.57. The molecule has 1 rings (SSSR count). The molecule has 0 aromatic heterocycles. The number of hydrogen-bond donors (Lipinski definition) is 0. The van der Waals surface area contributed by atoms with Crippen molar-refractivity contribution < 1.29 is 4.74 Å². The zero-order valence-corrected chi connectivity index (χ0v) is 12.8. The quantitative estimate of drug-likeness (QED) is 0.666. The van der Waals surface area contributed by atoms with E-state index in [1.54, 1.807) is 0 Å². The molecule has 0 atom stereocenters. The maximum Gasteiger partial charge on any atom is 0.119 e. The SMILES string of the molecule is CC(C)(C)CCCOc1cccc(C(C)(C)C)c1. The summed E-state index contributed by atoms with van der Waals surface area (Å²) < 4.78 is 5.84. The van der Waals surface area contributed by atoms with Gasteiger partial charge in [-0.15, -0.1) is 0 Å². The van der Waals surface area contributed by atoms with Gasteiger partial charge in [0, 0.05) is 0 Å². The van der Waals surface area contributed by atoms with Crippen LogP contribution in [0.4, 0.5) is 0 Å². The first kappa shape index (κ1) is 15.1. The summed E-state index contributed by atoms with van der Waals surface area (Å²) >= 11 is 0. The second kappa shape index (κ2) is 5.77. The highest BCUT2D eigenvalue weighted by Crippen LogP contribution is 2.26. The molecule has 1 nitrogen and oxygen atoms in total. The van der Waals surface area contributed by atoms with Crippen molar-refractivity contribution in [1.82, 2.24) is 0 Å². The minimum Gasteiger partial charge on any atom is -0.494 e. The number of rotatable bonds is 4. The molecule has 1 aromatic rings. The van der Waals surface area contributed by atoms with Crippen molar-refractivity contribution >= 4 is 0 Å². The van der Waals surface area contributed by atoms with E-state index < -0.39 is 0 Å². The van der Waals surface area contributed by atoms with Crippen molar-refractivity contribution in [1.29, 1.82) is 0 Å². The lowest BCUT2D eigenvalue weighted by Gasteiger charge is -2.20. The molecule has 0 saturated heterocycles. The van der Waals surface area contributed by atoms with Crippen LogP contribution in [0.5, 0.6) is 5.75 Å². The highest BCUT2D eigenvalue weighted by molar-refractivity contribution is 5.32. The molecule has 0 fully saturated rings. The van der Waals surface area contributed by atoms with Gasteiger partial charge in [0.2, 0.25) is 0 Å². The van der Waals surface area contributed by atoms with E-state index in [-0.39, 0.29) is 5.41 Å². The van der Waals surface area contributed by atoms with Crippen LogP contribution in [-0.2, 0) is 5.41 Å². The predicted octanol–water partition coefficient (Wildman–Crippen LogP) is 5.19. The Kier molecular flexibility index (Phi) is 4.84. The molecular formula is C17H28O. The van der Waals surface area contributed by atoms with Gasteiger partial charge in [0.1, 0.15) is 5.75 Å². The van der Waals surface area contributed by atoms with Gasteiger partial charge in [-0.05, 0) is 41.4 Å². The summed E-state index contributed by atoms with van der Waals surface area (Å²) in [6.07, 6.45) is 2.31. The third-order valence-electron chi connectivity index (χ3n) is 3.04. The average molecular weight is 248 g/mol. The summed E-state index contributed by atoms with van der Waals surface area (Å²) in [4.78, 5) is 0. The molecule has 0 heterocycles. The molecule has 0 unspecified atom stereocenters. The van der Waals surface area contributed by atoms with Gasteiger partial charge >= 0.3 is 0 Å². The van der Waals surface area contributed by atoms with Crippen molar-refractivity contribution in [2.45, 2.75) is 59.8 Å². The molecule has 0 aliphatic rings.